The fraction of sp³-hybridized carbons (Fsp3) is 0.400. The Hall–Kier alpha value is -0.780. The molecule has 10 heavy (non-hydrogen) atoms. The molecule has 0 atom stereocenters. The third kappa shape index (κ3) is 7.22. The lowest BCUT2D eigenvalue weighted by atomic mass is 10.3. The van der Waals surface area contributed by atoms with Crippen LogP contribution in [0.25, 0.3) is 0 Å². The van der Waals surface area contributed by atoms with E-state index in [4.69, 9.17) is 0 Å². The van der Waals surface area contributed by atoms with Gasteiger partial charge in [-0.3, -0.25) is 0 Å². The van der Waals surface area contributed by atoms with E-state index in [1.165, 1.54) is 0 Å². The van der Waals surface area contributed by atoms with Gasteiger partial charge in [0, 0.05) is 0 Å². The van der Waals surface area contributed by atoms with E-state index in [0.29, 0.717) is 0 Å². The van der Waals surface area contributed by atoms with E-state index in [1.807, 2.05) is 6.08 Å². The van der Waals surface area contributed by atoms with Crippen LogP contribution < -0.4 is 0 Å². The number of hydrogen-bond acceptors (Lipinski definition) is 0. The minimum Gasteiger partial charge on any atom is -0.103 e. The monoisotopic (exact) mass is 136 g/mol. The van der Waals surface area contributed by atoms with Crippen molar-refractivity contribution < 1.29 is 0 Å². The molecule has 0 amide bonds. The maximum Gasteiger partial charge on any atom is -0.0313 e. The third-order valence-electron chi connectivity index (χ3n) is 1.16. The van der Waals surface area contributed by atoms with Crippen LogP contribution in [-0.4, -0.2) is 0 Å². The van der Waals surface area contributed by atoms with Crippen LogP contribution in [0.3, 0.4) is 0 Å². The minimum atomic E-state index is 1.08. The van der Waals surface area contributed by atoms with Gasteiger partial charge in [-0.25, -0.2) is 0 Å². The maximum absolute atomic E-state index is 3.64. The Balaban J connectivity index is 3.19. The van der Waals surface area contributed by atoms with Crippen LogP contribution >= 0.6 is 0 Å². The van der Waals surface area contributed by atoms with E-state index >= 15 is 0 Å². The molecule has 56 valence electrons. The molecule has 0 nitrogen and oxygen atoms in total. The highest BCUT2D eigenvalue weighted by Crippen LogP contribution is 1.91. The molecule has 0 aliphatic heterocycles. The molecule has 0 saturated heterocycles. The minimum absolute atomic E-state index is 1.08. The van der Waals surface area contributed by atoms with Gasteiger partial charge < -0.3 is 0 Å². The number of allylic oxidation sites excluding steroid dienone is 5. The van der Waals surface area contributed by atoms with Crippen molar-refractivity contribution in [1.29, 1.82) is 0 Å². The standard InChI is InChI=1S/C10H16/c1-3-5-7-9-10-8-6-4-2/h3,6,8-10H,1,4-5,7H2,2H3. The molecule has 0 spiro atoms. The first kappa shape index (κ1) is 9.22. The Labute approximate surface area is 64.0 Å². The highest BCUT2D eigenvalue weighted by atomic mass is 13.8. The molecule has 0 radical (unpaired) electrons. The predicted octanol–water partition coefficient (Wildman–Crippen LogP) is 3.48. The second-order valence-electron chi connectivity index (χ2n) is 2.13. The van der Waals surface area contributed by atoms with Crippen LogP contribution in [0, 0.1) is 0 Å². The van der Waals surface area contributed by atoms with Crippen LogP contribution in [0.5, 0.6) is 0 Å². The zero-order chi connectivity index (χ0) is 7.66. The molecule has 0 saturated carbocycles. The molecule has 0 aromatic carbocycles. The van der Waals surface area contributed by atoms with Crippen molar-refractivity contribution in [3.8, 4) is 0 Å². The van der Waals surface area contributed by atoms with E-state index < -0.39 is 0 Å². The zero-order valence-electron chi connectivity index (χ0n) is 6.72. The molecule has 0 N–H and O–H groups in total. The first-order valence-corrected chi connectivity index (χ1v) is 3.84. The van der Waals surface area contributed by atoms with Gasteiger partial charge in [-0.2, -0.15) is 0 Å². The summed E-state index contributed by atoms with van der Waals surface area (Å²) in [5, 5.41) is 0. The van der Waals surface area contributed by atoms with Crippen LogP contribution in [-0.2, 0) is 0 Å². The first-order valence-electron chi connectivity index (χ1n) is 3.84. The summed E-state index contributed by atoms with van der Waals surface area (Å²) < 4.78 is 0. The maximum atomic E-state index is 3.64. The zero-order valence-corrected chi connectivity index (χ0v) is 6.72. The Kier molecular flexibility index (Phi) is 7.58. The Bertz CT molecular complexity index is 118. The molecular formula is C10H16. The predicted molar refractivity (Wildman–Crippen MR) is 48.0 cm³/mol. The highest BCUT2D eigenvalue weighted by Gasteiger charge is 1.70. The molecule has 0 aromatic heterocycles. The molecule has 0 aliphatic carbocycles. The average Bonchev–Trinajstić information content (AvgIpc) is 1.97. The summed E-state index contributed by atoms with van der Waals surface area (Å²) in [7, 11) is 0. The van der Waals surface area contributed by atoms with Gasteiger partial charge in [0.1, 0.15) is 0 Å². The van der Waals surface area contributed by atoms with Crippen LogP contribution in [0.4, 0.5) is 0 Å². The Morgan fingerprint density at radius 3 is 2.40 bits per heavy atom. The average molecular weight is 136 g/mol. The van der Waals surface area contributed by atoms with Crippen molar-refractivity contribution in [2.45, 2.75) is 26.2 Å². The van der Waals surface area contributed by atoms with Crippen LogP contribution in [0.15, 0.2) is 37.0 Å². The summed E-state index contributed by atoms with van der Waals surface area (Å²) in [6.45, 7) is 5.78. The largest absolute Gasteiger partial charge is 0.103 e. The summed E-state index contributed by atoms with van der Waals surface area (Å²) in [6, 6.07) is 0. The summed E-state index contributed by atoms with van der Waals surface area (Å²) in [5.74, 6) is 0. The molecule has 0 rings (SSSR count). The van der Waals surface area contributed by atoms with E-state index in [-0.39, 0.29) is 0 Å². The van der Waals surface area contributed by atoms with Gasteiger partial charge in [-0.05, 0) is 19.3 Å². The SMILES string of the molecule is C=CCCC=CC=CCC. The van der Waals surface area contributed by atoms with Crippen molar-refractivity contribution >= 4 is 0 Å². The lowest BCUT2D eigenvalue weighted by Crippen LogP contribution is -1.60. The number of hydrogen-bond donors (Lipinski definition) is 0. The van der Waals surface area contributed by atoms with Crippen molar-refractivity contribution in [2.24, 2.45) is 0 Å². The van der Waals surface area contributed by atoms with Crippen molar-refractivity contribution in [3.63, 3.8) is 0 Å². The molecule has 0 aliphatic rings. The smallest absolute Gasteiger partial charge is 0.0313 e. The lowest BCUT2D eigenvalue weighted by molar-refractivity contribution is 1.06. The van der Waals surface area contributed by atoms with Gasteiger partial charge in [0.25, 0.3) is 0 Å². The van der Waals surface area contributed by atoms with E-state index in [9.17, 15) is 0 Å². The van der Waals surface area contributed by atoms with Crippen molar-refractivity contribution in [3.05, 3.63) is 37.0 Å². The van der Waals surface area contributed by atoms with Gasteiger partial charge in [0.15, 0.2) is 0 Å². The third-order valence-corrected chi connectivity index (χ3v) is 1.16. The molecule has 0 bridgehead atoms. The lowest BCUT2D eigenvalue weighted by Gasteiger charge is -1.81. The van der Waals surface area contributed by atoms with E-state index in [1.54, 1.807) is 0 Å². The molecule has 0 fully saturated rings. The normalized spacial score (nSPS) is 11.3. The summed E-state index contributed by atoms with van der Waals surface area (Å²) >= 11 is 0. The fourth-order valence-corrected chi connectivity index (χ4v) is 0.604. The van der Waals surface area contributed by atoms with Gasteiger partial charge >= 0.3 is 0 Å². The second kappa shape index (κ2) is 8.22. The second-order valence-corrected chi connectivity index (χ2v) is 2.13. The van der Waals surface area contributed by atoms with Gasteiger partial charge in [0.2, 0.25) is 0 Å². The molecule has 0 heteroatoms. The topological polar surface area (TPSA) is 0 Å². The molecular weight excluding hydrogens is 120 g/mol. The summed E-state index contributed by atoms with van der Waals surface area (Å²) in [4.78, 5) is 0. The van der Waals surface area contributed by atoms with Crippen molar-refractivity contribution in [1.82, 2.24) is 0 Å². The number of rotatable bonds is 5. The van der Waals surface area contributed by atoms with E-state index in [2.05, 4.69) is 37.8 Å². The van der Waals surface area contributed by atoms with Gasteiger partial charge in [0.05, 0.1) is 0 Å². The van der Waals surface area contributed by atoms with Crippen LogP contribution in [0.2, 0.25) is 0 Å². The number of unbranched alkanes of at least 4 members (excludes halogenated alkanes) is 1. The fourth-order valence-electron chi connectivity index (χ4n) is 0.604. The van der Waals surface area contributed by atoms with Gasteiger partial charge in [-0.15, -0.1) is 6.58 Å². The molecule has 0 heterocycles. The molecule has 0 unspecified atom stereocenters. The summed E-state index contributed by atoms with van der Waals surface area (Å²) in [5.41, 5.74) is 0. The van der Waals surface area contributed by atoms with Gasteiger partial charge in [-0.1, -0.05) is 37.3 Å². The Morgan fingerprint density at radius 1 is 1.10 bits per heavy atom. The molecule has 0 aromatic rings. The Morgan fingerprint density at radius 2 is 1.80 bits per heavy atom. The highest BCUT2D eigenvalue weighted by molar-refractivity contribution is 5.02. The van der Waals surface area contributed by atoms with E-state index in [0.717, 1.165) is 19.3 Å². The summed E-state index contributed by atoms with van der Waals surface area (Å²) in [6.07, 6.45) is 13.7. The van der Waals surface area contributed by atoms with Crippen LogP contribution in [0.1, 0.15) is 26.2 Å². The first-order chi connectivity index (χ1) is 4.91. The van der Waals surface area contributed by atoms with Crippen molar-refractivity contribution in [2.75, 3.05) is 0 Å². The quantitative estimate of drug-likeness (QED) is 0.308.